The Morgan fingerprint density at radius 1 is 0.966 bits per heavy atom. The fraction of sp³-hybridized carbons (Fsp3) is 0.0870. The van der Waals surface area contributed by atoms with Gasteiger partial charge in [0, 0.05) is 18.1 Å². The lowest BCUT2D eigenvalue weighted by Crippen LogP contribution is -2.29. The number of anilines is 1. The van der Waals surface area contributed by atoms with Crippen LogP contribution in [0.15, 0.2) is 84.7 Å². The standard InChI is InChI=1S/C23H18N2O4/c1-29-18-10-6-5-9-17(18)21(26)19-20(15-11-13-24-14-12-15)25(23(28)22(19)27)16-7-3-2-4-8-16/h2-14,20,26H,1H3/b21-19-. The lowest BCUT2D eigenvalue weighted by Gasteiger charge is -2.25. The second kappa shape index (κ2) is 7.59. The fourth-order valence-electron chi connectivity index (χ4n) is 3.53. The van der Waals surface area contributed by atoms with Gasteiger partial charge in [-0.1, -0.05) is 30.3 Å². The number of carbonyl (C=O) groups excluding carboxylic acids is 2. The van der Waals surface area contributed by atoms with Crippen molar-refractivity contribution in [2.75, 3.05) is 12.0 Å². The number of Topliss-reactive ketones (excluding diaryl/α,β-unsaturated/α-hetero) is 1. The molecule has 1 amide bonds. The van der Waals surface area contributed by atoms with Crippen LogP contribution < -0.4 is 9.64 Å². The average Bonchev–Trinajstić information content (AvgIpc) is 3.05. The molecule has 0 spiro atoms. The van der Waals surface area contributed by atoms with Gasteiger partial charge < -0.3 is 9.84 Å². The number of pyridine rings is 1. The van der Waals surface area contributed by atoms with Crippen LogP contribution in [0, 0.1) is 0 Å². The van der Waals surface area contributed by atoms with Crippen molar-refractivity contribution in [2.24, 2.45) is 0 Å². The van der Waals surface area contributed by atoms with Crippen molar-refractivity contribution in [1.29, 1.82) is 0 Å². The largest absolute Gasteiger partial charge is 0.507 e. The minimum Gasteiger partial charge on any atom is -0.507 e. The van der Waals surface area contributed by atoms with Crippen LogP contribution in [0.2, 0.25) is 0 Å². The number of ketones is 1. The Kier molecular flexibility index (Phi) is 4.83. The summed E-state index contributed by atoms with van der Waals surface area (Å²) in [5.41, 5.74) is 1.59. The van der Waals surface area contributed by atoms with Crippen LogP contribution in [-0.2, 0) is 9.59 Å². The van der Waals surface area contributed by atoms with Crippen molar-refractivity contribution in [2.45, 2.75) is 6.04 Å². The summed E-state index contributed by atoms with van der Waals surface area (Å²) in [6.45, 7) is 0. The predicted molar refractivity (Wildman–Crippen MR) is 108 cm³/mol. The average molecular weight is 386 g/mol. The Balaban J connectivity index is 1.97. The molecule has 0 bridgehead atoms. The number of amides is 1. The number of hydrogen-bond acceptors (Lipinski definition) is 5. The molecule has 1 atom stereocenters. The van der Waals surface area contributed by atoms with Gasteiger partial charge in [0.1, 0.15) is 11.5 Å². The summed E-state index contributed by atoms with van der Waals surface area (Å²) in [5.74, 6) is -1.32. The topological polar surface area (TPSA) is 79.7 Å². The van der Waals surface area contributed by atoms with Crippen LogP contribution in [0.25, 0.3) is 5.76 Å². The number of aliphatic hydroxyl groups is 1. The molecule has 144 valence electrons. The monoisotopic (exact) mass is 386 g/mol. The van der Waals surface area contributed by atoms with Crippen LogP contribution in [0.5, 0.6) is 5.75 Å². The number of aromatic nitrogens is 1. The summed E-state index contributed by atoms with van der Waals surface area (Å²) in [4.78, 5) is 31.4. The van der Waals surface area contributed by atoms with E-state index >= 15 is 0 Å². The molecule has 29 heavy (non-hydrogen) atoms. The molecule has 2 aromatic carbocycles. The highest BCUT2D eigenvalue weighted by Gasteiger charge is 2.47. The Hall–Kier alpha value is -3.93. The van der Waals surface area contributed by atoms with Gasteiger partial charge in [0.2, 0.25) is 0 Å². The molecule has 0 aliphatic carbocycles. The van der Waals surface area contributed by atoms with Crippen molar-refractivity contribution >= 4 is 23.1 Å². The van der Waals surface area contributed by atoms with E-state index in [1.54, 1.807) is 73.1 Å². The van der Waals surface area contributed by atoms with Gasteiger partial charge in [-0.25, -0.2) is 0 Å². The summed E-state index contributed by atoms with van der Waals surface area (Å²) < 4.78 is 5.33. The quantitative estimate of drug-likeness (QED) is 0.420. The zero-order chi connectivity index (χ0) is 20.4. The molecule has 1 aliphatic rings. The predicted octanol–water partition coefficient (Wildman–Crippen LogP) is 3.72. The number of nitrogens with zero attached hydrogens (tertiary/aromatic N) is 2. The molecule has 1 saturated heterocycles. The normalized spacial score (nSPS) is 18.1. The second-order valence-corrected chi connectivity index (χ2v) is 6.49. The lowest BCUT2D eigenvalue weighted by molar-refractivity contribution is -0.132. The first-order chi connectivity index (χ1) is 14.1. The van der Waals surface area contributed by atoms with Gasteiger partial charge in [-0.3, -0.25) is 19.5 Å². The minimum atomic E-state index is -0.787. The summed E-state index contributed by atoms with van der Waals surface area (Å²) >= 11 is 0. The number of rotatable bonds is 4. The number of hydrogen-bond donors (Lipinski definition) is 1. The molecule has 6 heteroatoms. The van der Waals surface area contributed by atoms with E-state index in [4.69, 9.17) is 4.74 Å². The maximum absolute atomic E-state index is 13.0. The fourth-order valence-corrected chi connectivity index (χ4v) is 3.53. The van der Waals surface area contributed by atoms with Crippen LogP contribution in [-0.4, -0.2) is 28.9 Å². The van der Waals surface area contributed by atoms with Crippen LogP contribution in [0.4, 0.5) is 5.69 Å². The number of methoxy groups -OCH3 is 1. The molecule has 0 radical (unpaired) electrons. The number of aliphatic hydroxyl groups excluding tert-OH is 1. The Morgan fingerprint density at radius 3 is 2.31 bits per heavy atom. The molecular weight excluding hydrogens is 368 g/mol. The molecule has 2 heterocycles. The summed E-state index contributed by atoms with van der Waals surface area (Å²) in [7, 11) is 1.48. The number of ether oxygens (including phenoxy) is 1. The molecule has 3 aromatic rings. The van der Waals surface area contributed by atoms with Gasteiger partial charge in [0.15, 0.2) is 0 Å². The van der Waals surface area contributed by atoms with Crippen molar-refractivity contribution in [3.63, 3.8) is 0 Å². The zero-order valence-electron chi connectivity index (χ0n) is 15.6. The van der Waals surface area contributed by atoms with E-state index in [-0.39, 0.29) is 11.3 Å². The van der Waals surface area contributed by atoms with Gasteiger partial charge in [-0.15, -0.1) is 0 Å². The van der Waals surface area contributed by atoms with Crippen molar-refractivity contribution < 1.29 is 19.4 Å². The third-order valence-electron chi connectivity index (χ3n) is 4.86. The molecule has 1 aliphatic heterocycles. The van der Waals surface area contributed by atoms with Crippen LogP contribution in [0.1, 0.15) is 17.2 Å². The molecule has 1 unspecified atom stereocenters. The minimum absolute atomic E-state index is 0.00885. The molecule has 4 rings (SSSR count). The molecule has 0 saturated carbocycles. The van der Waals surface area contributed by atoms with Gasteiger partial charge in [0.25, 0.3) is 11.7 Å². The summed E-state index contributed by atoms with van der Waals surface area (Å²) in [6, 6.07) is 18.4. The van der Waals surface area contributed by atoms with Crippen molar-refractivity contribution in [3.05, 3.63) is 95.8 Å². The van der Waals surface area contributed by atoms with Gasteiger partial charge in [0.05, 0.1) is 24.3 Å². The third kappa shape index (κ3) is 3.14. The smallest absolute Gasteiger partial charge is 0.300 e. The van der Waals surface area contributed by atoms with E-state index in [1.807, 2.05) is 6.07 Å². The Bertz CT molecular complexity index is 1090. The van der Waals surface area contributed by atoms with Crippen LogP contribution >= 0.6 is 0 Å². The first-order valence-electron chi connectivity index (χ1n) is 9.03. The number of carbonyl (C=O) groups is 2. The van der Waals surface area contributed by atoms with E-state index in [2.05, 4.69) is 4.98 Å². The van der Waals surface area contributed by atoms with E-state index in [0.717, 1.165) is 0 Å². The maximum atomic E-state index is 13.0. The SMILES string of the molecule is COc1ccccc1/C(O)=C1/C(=O)C(=O)N(c2ccccc2)C1c1ccncc1. The van der Waals surface area contributed by atoms with Gasteiger partial charge in [-0.2, -0.15) is 0 Å². The Morgan fingerprint density at radius 2 is 1.62 bits per heavy atom. The Labute approximate surface area is 167 Å². The molecule has 6 nitrogen and oxygen atoms in total. The summed E-state index contributed by atoms with van der Waals surface area (Å²) in [6.07, 6.45) is 3.17. The molecule has 1 N–H and O–H groups in total. The highest BCUT2D eigenvalue weighted by atomic mass is 16.5. The van der Waals surface area contributed by atoms with E-state index in [0.29, 0.717) is 22.6 Å². The van der Waals surface area contributed by atoms with Crippen molar-refractivity contribution in [3.8, 4) is 5.75 Å². The first-order valence-corrected chi connectivity index (χ1v) is 9.03. The number of benzene rings is 2. The number of para-hydroxylation sites is 2. The summed E-state index contributed by atoms with van der Waals surface area (Å²) in [5, 5.41) is 11.1. The molecule has 1 aromatic heterocycles. The second-order valence-electron chi connectivity index (χ2n) is 6.49. The first kappa shape index (κ1) is 18.4. The molecular formula is C23H18N2O4. The van der Waals surface area contributed by atoms with E-state index in [1.165, 1.54) is 12.0 Å². The third-order valence-corrected chi connectivity index (χ3v) is 4.86. The zero-order valence-corrected chi connectivity index (χ0v) is 15.6. The van der Waals surface area contributed by atoms with Crippen LogP contribution in [0.3, 0.4) is 0 Å². The highest BCUT2D eigenvalue weighted by molar-refractivity contribution is 6.51. The molecule has 1 fully saturated rings. The van der Waals surface area contributed by atoms with Gasteiger partial charge >= 0.3 is 0 Å². The van der Waals surface area contributed by atoms with E-state index < -0.39 is 17.7 Å². The highest BCUT2D eigenvalue weighted by Crippen LogP contribution is 2.42. The van der Waals surface area contributed by atoms with E-state index in [9.17, 15) is 14.7 Å². The lowest BCUT2D eigenvalue weighted by atomic mass is 9.95. The van der Waals surface area contributed by atoms with Gasteiger partial charge in [-0.05, 0) is 42.0 Å². The van der Waals surface area contributed by atoms with Crippen molar-refractivity contribution in [1.82, 2.24) is 4.98 Å². The maximum Gasteiger partial charge on any atom is 0.300 e.